The van der Waals surface area contributed by atoms with Crippen LogP contribution in [0.3, 0.4) is 0 Å². The lowest BCUT2D eigenvalue weighted by Gasteiger charge is -2.50. The summed E-state index contributed by atoms with van der Waals surface area (Å²) < 4.78 is 5.38. The molecule has 0 N–H and O–H groups in total. The van der Waals surface area contributed by atoms with Gasteiger partial charge in [0.05, 0.1) is 12.7 Å². The maximum atomic E-state index is 9.27. The van der Waals surface area contributed by atoms with Crippen molar-refractivity contribution in [3.8, 4) is 11.8 Å². The third kappa shape index (κ3) is 2.24. The number of hydrogen-bond acceptors (Lipinski definition) is 3. The molecule has 108 valence electrons. The Bertz CT molecular complexity index is 555. The molecule has 0 bridgehead atoms. The molecule has 1 heterocycles. The van der Waals surface area contributed by atoms with Gasteiger partial charge in [-0.2, -0.15) is 5.26 Å². The molecule has 3 nitrogen and oxygen atoms in total. The summed E-state index contributed by atoms with van der Waals surface area (Å²) in [5.74, 6) is 1.12. The van der Waals surface area contributed by atoms with Gasteiger partial charge in [-0.1, -0.05) is 6.92 Å². The van der Waals surface area contributed by atoms with Crippen LogP contribution >= 0.6 is 0 Å². The van der Waals surface area contributed by atoms with E-state index in [9.17, 15) is 5.26 Å². The number of hydrogen-bond donors (Lipinski definition) is 0. The first kappa shape index (κ1) is 14.7. The fourth-order valence-corrected chi connectivity index (χ4v) is 3.71. The van der Waals surface area contributed by atoms with Gasteiger partial charge in [0.2, 0.25) is 0 Å². The molecule has 2 rings (SSSR count). The van der Waals surface area contributed by atoms with E-state index in [1.807, 2.05) is 12.1 Å². The number of nitriles is 1. The Balaban J connectivity index is 2.68. The van der Waals surface area contributed by atoms with Gasteiger partial charge in [0.1, 0.15) is 11.8 Å². The van der Waals surface area contributed by atoms with Crippen molar-refractivity contribution in [1.82, 2.24) is 0 Å². The molecule has 0 fully saturated rings. The first-order valence-electron chi connectivity index (χ1n) is 7.23. The number of benzene rings is 1. The van der Waals surface area contributed by atoms with Crippen LogP contribution in [0.1, 0.15) is 58.1 Å². The van der Waals surface area contributed by atoms with Gasteiger partial charge in [-0.05, 0) is 51.7 Å². The number of methoxy groups -OCH3 is 1. The highest BCUT2D eigenvalue weighted by Gasteiger charge is 2.38. The minimum Gasteiger partial charge on any atom is -0.495 e. The summed E-state index contributed by atoms with van der Waals surface area (Å²) in [5, 5.41) is 9.27. The summed E-state index contributed by atoms with van der Waals surface area (Å²) in [6.45, 7) is 11.2. The normalized spacial score (nSPS) is 20.5. The molecule has 0 saturated heterocycles. The highest BCUT2D eigenvalue weighted by molar-refractivity contribution is 5.66. The quantitative estimate of drug-likeness (QED) is 0.814. The molecule has 0 amide bonds. The molecule has 1 aromatic carbocycles. The molecule has 1 aliphatic rings. The molecule has 3 heteroatoms. The fraction of sp³-hybridized carbons (Fsp3) is 0.588. The van der Waals surface area contributed by atoms with Gasteiger partial charge >= 0.3 is 0 Å². The summed E-state index contributed by atoms with van der Waals surface area (Å²) >= 11 is 0. The minimum atomic E-state index is 0.111. The lowest BCUT2D eigenvalue weighted by Crippen LogP contribution is -2.51. The van der Waals surface area contributed by atoms with Crippen LogP contribution in [0.2, 0.25) is 0 Å². The van der Waals surface area contributed by atoms with Crippen molar-refractivity contribution in [2.45, 2.75) is 58.5 Å². The van der Waals surface area contributed by atoms with Gasteiger partial charge in [0.15, 0.2) is 0 Å². The molecule has 0 saturated carbocycles. The molecule has 0 aromatic heterocycles. The second-order valence-corrected chi connectivity index (χ2v) is 6.60. The molecule has 0 spiro atoms. The average molecular weight is 272 g/mol. The maximum absolute atomic E-state index is 9.27. The minimum absolute atomic E-state index is 0.111. The van der Waals surface area contributed by atoms with Crippen molar-refractivity contribution >= 4 is 5.69 Å². The van der Waals surface area contributed by atoms with Gasteiger partial charge in [-0.3, -0.25) is 0 Å². The molecular formula is C17H24N2O. The zero-order chi connectivity index (χ0) is 15.1. The number of rotatable bonds is 2. The van der Waals surface area contributed by atoms with Crippen LogP contribution in [0, 0.1) is 11.3 Å². The largest absolute Gasteiger partial charge is 0.495 e. The van der Waals surface area contributed by atoms with Crippen molar-refractivity contribution < 1.29 is 4.74 Å². The molecule has 1 aromatic rings. The van der Waals surface area contributed by atoms with E-state index in [2.05, 4.69) is 45.6 Å². The van der Waals surface area contributed by atoms with Crippen molar-refractivity contribution in [2.75, 3.05) is 12.0 Å². The molecule has 20 heavy (non-hydrogen) atoms. The first-order valence-corrected chi connectivity index (χ1v) is 7.23. The van der Waals surface area contributed by atoms with E-state index in [1.54, 1.807) is 7.11 Å². The third-order valence-corrected chi connectivity index (χ3v) is 4.23. The lowest BCUT2D eigenvalue weighted by molar-refractivity contribution is 0.353. The summed E-state index contributed by atoms with van der Waals surface area (Å²) in [7, 11) is 1.62. The second kappa shape index (κ2) is 5.01. The van der Waals surface area contributed by atoms with Crippen LogP contribution in [-0.4, -0.2) is 18.7 Å². The predicted molar refractivity (Wildman–Crippen MR) is 82.4 cm³/mol. The Morgan fingerprint density at radius 1 is 1.40 bits per heavy atom. The Labute approximate surface area is 122 Å². The van der Waals surface area contributed by atoms with Gasteiger partial charge in [0, 0.05) is 23.3 Å². The third-order valence-electron chi connectivity index (χ3n) is 4.23. The van der Waals surface area contributed by atoms with Crippen molar-refractivity contribution in [2.24, 2.45) is 0 Å². The van der Waals surface area contributed by atoms with Crippen LogP contribution < -0.4 is 9.64 Å². The van der Waals surface area contributed by atoms with Crippen molar-refractivity contribution in [3.05, 3.63) is 23.3 Å². The number of anilines is 1. The van der Waals surface area contributed by atoms with Crippen LogP contribution in [0.5, 0.6) is 5.75 Å². The Kier molecular flexibility index (Phi) is 3.69. The summed E-state index contributed by atoms with van der Waals surface area (Å²) in [5.41, 5.74) is 3.20. The Morgan fingerprint density at radius 2 is 2.05 bits per heavy atom. The maximum Gasteiger partial charge on any atom is 0.138 e. The summed E-state index contributed by atoms with van der Waals surface area (Å²) in [6, 6.07) is 6.69. The zero-order valence-electron chi connectivity index (χ0n) is 13.3. The second-order valence-electron chi connectivity index (χ2n) is 6.60. The van der Waals surface area contributed by atoms with Crippen LogP contribution in [0.4, 0.5) is 5.69 Å². The highest BCUT2D eigenvalue weighted by Crippen LogP contribution is 2.46. The summed E-state index contributed by atoms with van der Waals surface area (Å²) in [4.78, 5) is 2.45. The molecule has 0 aliphatic carbocycles. The van der Waals surface area contributed by atoms with Gasteiger partial charge in [-0.25, -0.2) is 0 Å². The predicted octanol–water partition coefficient (Wildman–Crippen LogP) is 4.07. The van der Waals surface area contributed by atoms with Crippen molar-refractivity contribution in [1.29, 1.82) is 5.26 Å². The van der Waals surface area contributed by atoms with Crippen LogP contribution in [0.15, 0.2) is 12.1 Å². The van der Waals surface area contributed by atoms with E-state index < -0.39 is 0 Å². The highest BCUT2D eigenvalue weighted by atomic mass is 16.5. The monoisotopic (exact) mass is 272 g/mol. The van der Waals surface area contributed by atoms with E-state index in [4.69, 9.17) is 4.74 Å². The van der Waals surface area contributed by atoms with E-state index in [0.717, 1.165) is 6.42 Å². The van der Waals surface area contributed by atoms with E-state index in [-0.39, 0.29) is 5.54 Å². The number of fused-ring (bicyclic) bond motifs is 1. The average Bonchev–Trinajstić information content (AvgIpc) is 2.35. The topological polar surface area (TPSA) is 36.3 Å². The number of nitrogens with zero attached hydrogens (tertiary/aromatic N) is 2. The standard InChI is InChI=1S/C17H24N2O/c1-11(2)19-15-8-16(20-6)13(10-18)7-14(15)12(3)9-17(19,4)5/h7-8,11-12H,9H2,1-6H3/t12-/m0/s1. The molecular weight excluding hydrogens is 248 g/mol. The van der Waals surface area contributed by atoms with Crippen LogP contribution in [-0.2, 0) is 0 Å². The van der Waals surface area contributed by atoms with E-state index in [1.165, 1.54) is 11.3 Å². The smallest absolute Gasteiger partial charge is 0.138 e. The molecule has 0 unspecified atom stereocenters. The molecule has 1 atom stereocenters. The fourth-order valence-electron chi connectivity index (χ4n) is 3.71. The Hall–Kier alpha value is -1.69. The SMILES string of the molecule is COc1cc2c(cc1C#N)[C@@H](C)CC(C)(C)N2C(C)C. The van der Waals surface area contributed by atoms with Gasteiger partial charge in [-0.15, -0.1) is 0 Å². The molecule has 0 radical (unpaired) electrons. The zero-order valence-corrected chi connectivity index (χ0v) is 13.3. The lowest BCUT2D eigenvalue weighted by atomic mass is 9.78. The van der Waals surface area contributed by atoms with E-state index in [0.29, 0.717) is 23.3 Å². The Morgan fingerprint density at radius 3 is 2.55 bits per heavy atom. The van der Waals surface area contributed by atoms with Gasteiger partial charge < -0.3 is 9.64 Å². The van der Waals surface area contributed by atoms with Gasteiger partial charge in [0.25, 0.3) is 0 Å². The summed E-state index contributed by atoms with van der Waals surface area (Å²) in [6.07, 6.45) is 1.09. The van der Waals surface area contributed by atoms with Crippen molar-refractivity contribution in [3.63, 3.8) is 0 Å². The van der Waals surface area contributed by atoms with Crippen LogP contribution in [0.25, 0.3) is 0 Å². The first-order chi connectivity index (χ1) is 9.31. The van der Waals surface area contributed by atoms with E-state index >= 15 is 0 Å². The molecule has 1 aliphatic heterocycles. The number of ether oxygens (including phenoxy) is 1.